The topological polar surface area (TPSA) is 80.0 Å². The zero-order valence-corrected chi connectivity index (χ0v) is 14.4. The second kappa shape index (κ2) is 6.48. The molecular weight excluding hydrogens is 300 g/mol. The molecule has 2 rings (SSSR count). The van der Waals surface area contributed by atoms with Crippen LogP contribution in [0.5, 0.6) is 0 Å². The number of carbonyl (C=O) groups is 1. The maximum atomic E-state index is 12.1. The summed E-state index contributed by atoms with van der Waals surface area (Å²) in [7, 11) is 0. The molecule has 0 bridgehead atoms. The lowest BCUT2D eigenvalue weighted by molar-refractivity contribution is 0.229. The van der Waals surface area contributed by atoms with Gasteiger partial charge in [-0.2, -0.15) is 0 Å². The number of aryl methyl sites for hydroxylation is 2. The van der Waals surface area contributed by atoms with Crippen molar-refractivity contribution in [3.8, 4) is 0 Å². The van der Waals surface area contributed by atoms with Crippen LogP contribution in [0.1, 0.15) is 48.7 Å². The molecule has 0 fully saturated rings. The van der Waals surface area contributed by atoms with Gasteiger partial charge in [-0.25, -0.2) is 9.78 Å². The minimum absolute atomic E-state index is 0.139. The highest BCUT2D eigenvalue weighted by atomic mass is 32.1. The fourth-order valence-electron chi connectivity index (χ4n) is 2.46. The van der Waals surface area contributed by atoms with Gasteiger partial charge in [0.15, 0.2) is 0 Å². The van der Waals surface area contributed by atoms with Crippen LogP contribution in [0.3, 0.4) is 0 Å². The molecule has 0 saturated heterocycles. The lowest BCUT2D eigenvalue weighted by Crippen LogP contribution is -2.47. The molecule has 6 nitrogen and oxygen atoms in total. The lowest BCUT2D eigenvalue weighted by atomic mass is 10.00. The first-order valence-corrected chi connectivity index (χ1v) is 8.08. The number of nitrogens with one attached hydrogen (secondary N) is 2. The highest BCUT2D eigenvalue weighted by Gasteiger charge is 2.26. The Hall–Kier alpha value is -1.89. The summed E-state index contributed by atoms with van der Waals surface area (Å²) in [5.41, 5.74) is 1.43. The number of hydrogen-bond acceptors (Lipinski definition) is 5. The van der Waals surface area contributed by atoms with Gasteiger partial charge in [-0.3, -0.25) is 0 Å². The third kappa shape index (κ3) is 3.65. The van der Waals surface area contributed by atoms with E-state index < -0.39 is 5.54 Å². The second-order valence-electron chi connectivity index (χ2n) is 5.94. The van der Waals surface area contributed by atoms with Gasteiger partial charge in [-0.1, -0.05) is 12.1 Å². The van der Waals surface area contributed by atoms with E-state index in [0.29, 0.717) is 6.54 Å². The van der Waals surface area contributed by atoms with Crippen molar-refractivity contribution in [1.29, 1.82) is 0 Å². The van der Waals surface area contributed by atoms with Gasteiger partial charge in [-0.05, 0) is 27.7 Å². The Bertz CT molecular complexity index is 615. The Kier molecular flexibility index (Phi) is 4.85. The van der Waals surface area contributed by atoms with Gasteiger partial charge in [0.2, 0.25) is 0 Å². The maximum absolute atomic E-state index is 12.1. The van der Waals surface area contributed by atoms with Gasteiger partial charge in [0.05, 0.1) is 11.2 Å². The molecule has 0 spiro atoms. The van der Waals surface area contributed by atoms with E-state index in [1.807, 2.05) is 40.0 Å². The van der Waals surface area contributed by atoms with Crippen molar-refractivity contribution in [2.75, 3.05) is 6.54 Å². The number of urea groups is 1. The van der Waals surface area contributed by atoms with Crippen LogP contribution in [-0.4, -0.2) is 22.7 Å². The molecule has 0 radical (unpaired) electrons. The van der Waals surface area contributed by atoms with Crippen LogP contribution >= 0.6 is 11.3 Å². The summed E-state index contributed by atoms with van der Waals surface area (Å²) < 4.78 is 5.17. The molecule has 0 unspecified atom stereocenters. The Morgan fingerprint density at radius 3 is 2.73 bits per heavy atom. The van der Waals surface area contributed by atoms with Crippen LogP contribution in [-0.2, 0) is 5.54 Å². The molecule has 0 aliphatic rings. The zero-order valence-electron chi connectivity index (χ0n) is 13.6. The first-order chi connectivity index (χ1) is 10.3. The lowest BCUT2D eigenvalue weighted by Gasteiger charge is -2.24. The highest BCUT2D eigenvalue weighted by molar-refractivity contribution is 7.09. The molecule has 1 atom stereocenters. The van der Waals surface area contributed by atoms with E-state index in [-0.39, 0.29) is 11.9 Å². The number of rotatable bonds is 5. The third-order valence-electron chi connectivity index (χ3n) is 3.54. The van der Waals surface area contributed by atoms with Gasteiger partial charge < -0.3 is 15.2 Å². The molecule has 2 aromatic rings. The highest BCUT2D eigenvalue weighted by Crippen LogP contribution is 2.23. The molecule has 2 amide bonds. The van der Waals surface area contributed by atoms with Crippen molar-refractivity contribution in [3.63, 3.8) is 0 Å². The molecule has 0 saturated carbocycles. The molecule has 2 aromatic heterocycles. The number of amides is 2. The Labute approximate surface area is 134 Å². The predicted molar refractivity (Wildman–Crippen MR) is 86.1 cm³/mol. The zero-order chi connectivity index (χ0) is 16.3. The van der Waals surface area contributed by atoms with Crippen molar-refractivity contribution in [2.24, 2.45) is 0 Å². The van der Waals surface area contributed by atoms with E-state index in [4.69, 9.17) is 4.52 Å². The fourth-order valence-corrected chi connectivity index (χ4v) is 3.17. The number of hydrogen-bond donors (Lipinski definition) is 2. The smallest absolute Gasteiger partial charge is 0.315 e. The van der Waals surface area contributed by atoms with Crippen molar-refractivity contribution < 1.29 is 9.32 Å². The molecule has 0 aliphatic heterocycles. The van der Waals surface area contributed by atoms with E-state index in [1.165, 1.54) is 11.3 Å². The Morgan fingerprint density at radius 2 is 2.18 bits per heavy atom. The van der Waals surface area contributed by atoms with Crippen molar-refractivity contribution in [2.45, 2.75) is 46.1 Å². The van der Waals surface area contributed by atoms with Crippen LogP contribution < -0.4 is 10.6 Å². The van der Waals surface area contributed by atoms with E-state index in [2.05, 4.69) is 20.8 Å². The largest absolute Gasteiger partial charge is 0.361 e. The quantitative estimate of drug-likeness (QED) is 0.886. The molecule has 0 aromatic carbocycles. The summed E-state index contributed by atoms with van der Waals surface area (Å²) in [6.45, 7) is 10.2. The van der Waals surface area contributed by atoms with Crippen LogP contribution in [0, 0.1) is 13.8 Å². The summed E-state index contributed by atoms with van der Waals surface area (Å²) in [4.78, 5) is 16.4. The van der Waals surface area contributed by atoms with Crippen LogP contribution in [0.15, 0.2) is 16.1 Å². The molecular formula is C15H22N4O2S. The first kappa shape index (κ1) is 16.5. The van der Waals surface area contributed by atoms with E-state index >= 15 is 0 Å². The summed E-state index contributed by atoms with van der Waals surface area (Å²) in [6, 6.07) is -0.209. The number of aromatic nitrogens is 2. The predicted octanol–water partition coefficient (Wildman–Crippen LogP) is 3.09. The Morgan fingerprint density at radius 1 is 1.45 bits per heavy atom. The SMILES string of the molecule is Cc1noc(C)c1[C@@H](C)CNC(=O)NC(C)(C)c1nccs1. The summed E-state index contributed by atoms with van der Waals surface area (Å²) in [5, 5.41) is 12.6. The van der Waals surface area contributed by atoms with Crippen LogP contribution in [0.2, 0.25) is 0 Å². The number of nitrogens with zero attached hydrogens (tertiary/aromatic N) is 2. The molecule has 120 valence electrons. The van der Waals surface area contributed by atoms with Crippen molar-refractivity contribution >= 4 is 17.4 Å². The van der Waals surface area contributed by atoms with Gasteiger partial charge in [-0.15, -0.1) is 11.3 Å². The van der Waals surface area contributed by atoms with Gasteiger partial charge in [0, 0.05) is 29.6 Å². The Balaban J connectivity index is 1.91. The molecule has 2 heterocycles. The average molecular weight is 322 g/mol. The first-order valence-electron chi connectivity index (χ1n) is 7.20. The monoisotopic (exact) mass is 322 g/mol. The third-order valence-corrected chi connectivity index (χ3v) is 4.64. The summed E-state index contributed by atoms with van der Waals surface area (Å²) in [6.07, 6.45) is 1.74. The molecule has 0 aliphatic carbocycles. The standard InChI is InChI=1S/C15H22N4O2S/c1-9(12-10(2)19-21-11(12)3)8-17-14(20)18-15(4,5)13-16-6-7-22-13/h6-7,9H,8H2,1-5H3,(H2,17,18,20)/t9-/m0/s1. The average Bonchev–Trinajstić information content (AvgIpc) is 3.06. The van der Waals surface area contributed by atoms with E-state index in [0.717, 1.165) is 22.0 Å². The second-order valence-corrected chi connectivity index (χ2v) is 6.83. The van der Waals surface area contributed by atoms with Crippen molar-refractivity contribution in [3.05, 3.63) is 33.6 Å². The number of thiazole rings is 1. The molecule has 7 heteroatoms. The number of carbonyl (C=O) groups excluding carboxylic acids is 1. The minimum atomic E-state index is -0.496. The molecule has 22 heavy (non-hydrogen) atoms. The normalized spacial score (nSPS) is 13.0. The van der Waals surface area contributed by atoms with Gasteiger partial charge >= 0.3 is 6.03 Å². The van der Waals surface area contributed by atoms with Crippen LogP contribution in [0.25, 0.3) is 0 Å². The van der Waals surface area contributed by atoms with Crippen LogP contribution in [0.4, 0.5) is 4.79 Å². The van der Waals surface area contributed by atoms with E-state index in [1.54, 1.807) is 6.20 Å². The van der Waals surface area contributed by atoms with Gasteiger partial charge in [0.25, 0.3) is 0 Å². The van der Waals surface area contributed by atoms with Gasteiger partial charge in [0.1, 0.15) is 10.8 Å². The molecule has 2 N–H and O–H groups in total. The van der Waals surface area contributed by atoms with E-state index in [9.17, 15) is 4.79 Å². The maximum Gasteiger partial charge on any atom is 0.315 e. The minimum Gasteiger partial charge on any atom is -0.361 e. The van der Waals surface area contributed by atoms with Crippen molar-refractivity contribution in [1.82, 2.24) is 20.8 Å². The summed E-state index contributed by atoms with van der Waals surface area (Å²) in [5.74, 6) is 0.940. The fraction of sp³-hybridized carbons (Fsp3) is 0.533. The summed E-state index contributed by atoms with van der Waals surface area (Å²) >= 11 is 1.52.